The average Bonchev–Trinajstić information content (AvgIpc) is 3.10. The summed E-state index contributed by atoms with van der Waals surface area (Å²) < 4.78 is 11.6. The number of amides is 1. The summed E-state index contributed by atoms with van der Waals surface area (Å²) in [6.07, 6.45) is 5.89. The van der Waals surface area contributed by atoms with Gasteiger partial charge in [-0.2, -0.15) is 0 Å². The Hall–Kier alpha value is -2.47. The van der Waals surface area contributed by atoms with Crippen molar-refractivity contribution in [2.24, 2.45) is 0 Å². The van der Waals surface area contributed by atoms with E-state index in [2.05, 4.69) is 16.0 Å². The maximum atomic E-state index is 12.9. The number of nitrogens with zero attached hydrogens (tertiary/aromatic N) is 3. The van der Waals surface area contributed by atoms with Crippen LogP contribution in [0, 0.1) is 0 Å². The third kappa shape index (κ3) is 2.97. The Labute approximate surface area is 140 Å². The highest BCUT2D eigenvalue weighted by Crippen LogP contribution is 2.30. The fraction of sp³-hybridized carbons (Fsp3) is 0.389. The van der Waals surface area contributed by atoms with E-state index in [0.29, 0.717) is 25.6 Å². The van der Waals surface area contributed by atoms with E-state index >= 15 is 0 Å². The minimum absolute atomic E-state index is 0.0207. The molecule has 1 aromatic carbocycles. The molecule has 0 unspecified atom stereocenters. The molecule has 0 spiro atoms. The predicted molar refractivity (Wildman–Crippen MR) is 86.5 cm³/mol. The van der Waals surface area contributed by atoms with E-state index in [1.165, 1.54) is 5.56 Å². The summed E-state index contributed by atoms with van der Waals surface area (Å²) in [4.78, 5) is 22.8. The Balaban J connectivity index is 1.43. The van der Waals surface area contributed by atoms with Gasteiger partial charge in [-0.25, -0.2) is 4.98 Å². The van der Waals surface area contributed by atoms with Crippen molar-refractivity contribution in [3.8, 4) is 5.88 Å². The molecule has 0 N–H and O–H groups in total. The van der Waals surface area contributed by atoms with Gasteiger partial charge in [0.1, 0.15) is 6.10 Å². The van der Waals surface area contributed by atoms with Gasteiger partial charge in [0.2, 0.25) is 5.88 Å². The Bertz CT molecular complexity index is 722. The average molecular weight is 325 g/mol. The molecule has 0 aliphatic carbocycles. The van der Waals surface area contributed by atoms with Crippen LogP contribution in [0.5, 0.6) is 5.88 Å². The van der Waals surface area contributed by atoms with Crippen LogP contribution >= 0.6 is 0 Å². The van der Waals surface area contributed by atoms with Crippen LogP contribution in [0.2, 0.25) is 0 Å². The topological polar surface area (TPSA) is 64.5 Å². The molecule has 2 aromatic rings. The molecule has 1 amide bonds. The van der Waals surface area contributed by atoms with Gasteiger partial charge in [0, 0.05) is 25.4 Å². The zero-order chi connectivity index (χ0) is 16.4. The quantitative estimate of drug-likeness (QED) is 0.860. The summed E-state index contributed by atoms with van der Waals surface area (Å²) in [7, 11) is 0. The van der Waals surface area contributed by atoms with Crippen molar-refractivity contribution in [3.05, 3.63) is 54.0 Å². The summed E-state index contributed by atoms with van der Waals surface area (Å²) >= 11 is 0. The zero-order valence-electron chi connectivity index (χ0n) is 13.3. The Kier molecular flexibility index (Phi) is 4.13. The number of carbonyl (C=O) groups excluding carboxylic acids is 1. The van der Waals surface area contributed by atoms with Crippen LogP contribution in [0.3, 0.4) is 0 Å². The fourth-order valence-electron chi connectivity index (χ4n) is 3.31. The third-order valence-corrected chi connectivity index (χ3v) is 4.50. The molecule has 6 heteroatoms. The second-order valence-electron chi connectivity index (χ2n) is 6.06. The van der Waals surface area contributed by atoms with Crippen LogP contribution in [0.15, 0.2) is 42.9 Å². The lowest BCUT2D eigenvalue weighted by atomic mass is 9.97. The number of aromatic nitrogens is 2. The first-order valence-corrected chi connectivity index (χ1v) is 8.22. The molecule has 3 heterocycles. The van der Waals surface area contributed by atoms with Gasteiger partial charge in [-0.05, 0) is 17.5 Å². The first kappa shape index (κ1) is 15.1. The summed E-state index contributed by atoms with van der Waals surface area (Å²) in [5.74, 6) is 0.517. The van der Waals surface area contributed by atoms with Crippen LogP contribution < -0.4 is 4.74 Å². The van der Waals surface area contributed by atoms with Gasteiger partial charge in [0.15, 0.2) is 6.10 Å². The molecule has 0 saturated carbocycles. The van der Waals surface area contributed by atoms with E-state index in [1.54, 1.807) is 18.6 Å². The number of ether oxygens (including phenoxy) is 2. The van der Waals surface area contributed by atoms with E-state index in [-0.39, 0.29) is 12.0 Å². The summed E-state index contributed by atoms with van der Waals surface area (Å²) in [5, 5.41) is 0. The molecule has 124 valence electrons. The Morgan fingerprint density at radius 3 is 3.08 bits per heavy atom. The number of benzene rings is 1. The monoisotopic (exact) mass is 325 g/mol. The first-order valence-electron chi connectivity index (χ1n) is 8.22. The zero-order valence-corrected chi connectivity index (χ0v) is 13.3. The van der Waals surface area contributed by atoms with Crippen LogP contribution in [0.1, 0.15) is 23.7 Å². The van der Waals surface area contributed by atoms with E-state index in [0.717, 1.165) is 18.4 Å². The minimum atomic E-state index is -0.495. The summed E-state index contributed by atoms with van der Waals surface area (Å²) in [6, 6.07) is 8.02. The van der Waals surface area contributed by atoms with E-state index in [4.69, 9.17) is 9.47 Å². The molecular weight excluding hydrogens is 306 g/mol. The van der Waals surface area contributed by atoms with E-state index < -0.39 is 6.10 Å². The van der Waals surface area contributed by atoms with Gasteiger partial charge in [-0.15, -0.1) is 0 Å². The van der Waals surface area contributed by atoms with Crippen LogP contribution in [-0.4, -0.2) is 46.6 Å². The number of hydrogen-bond acceptors (Lipinski definition) is 5. The second kappa shape index (κ2) is 6.57. The molecular formula is C18H19N3O3. The predicted octanol–water partition coefficient (Wildman–Crippen LogP) is 1.77. The Morgan fingerprint density at radius 1 is 1.29 bits per heavy atom. The van der Waals surface area contributed by atoms with Crippen molar-refractivity contribution in [1.82, 2.24) is 14.9 Å². The van der Waals surface area contributed by atoms with Gasteiger partial charge >= 0.3 is 0 Å². The summed E-state index contributed by atoms with van der Waals surface area (Å²) in [6.45, 7) is 1.81. The van der Waals surface area contributed by atoms with Crippen molar-refractivity contribution in [2.45, 2.75) is 25.0 Å². The van der Waals surface area contributed by atoms with E-state index in [1.807, 2.05) is 23.1 Å². The van der Waals surface area contributed by atoms with Crippen molar-refractivity contribution < 1.29 is 14.3 Å². The molecule has 24 heavy (non-hydrogen) atoms. The highest BCUT2D eigenvalue weighted by Gasteiger charge is 2.35. The first-order chi connectivity index (χ1) is 11.8. The van der Waals surface area contributed by atoms with Crippen LogP contribution in [0.25, 0.3) is 0 Å². The van der Waals surface area contributed by atoms with Gasteiger partial charge in [-0.1, -0.05) is 24.3 Å². The number of rotatable bonds is 3. The van der Waals surface area contributed by atoms with Crippen LogP contribution in [0.4, 0.5) is 0 Å². The molecule has 2 aliphatic rings. The lowest BCUT2D eigenvalue weighted by Gasteiger charge is -2.28. The number of fused-ring (bicyclic) bond motifs is 1. The largest absolute Gasteiger partial charge is 0.471 e. The maximum absolute atomic E-state index is 12.9. The smallest absolute Gasteiger partial charge is 0.256 e. The lowest BCUT2D eigenvalue weighted by Crippen LogP contribution is -2.37. The SMILES string of the molecule is O=C([C@@H]1OCCc2ccccc21)N1CC[C@H](Oc2cnccn2)C1. The van der Waals surface area contributed by atoms with Crippen molar-refractivity contribution in [3.63, 3.8) is 0 Å². The van der Waals surface area contributed by atoms with Crippen molar-refractivity contribution >= 4 is 5.91 Å². The maximum Gasteiger partial charge on any atom is 0.256 e. The lowest BCUT2D eigenvalue weighted by molar-refractivity contribution is -0.144. The van der Waals surface area contributed by atoms with Gasteiger partial charge in [0.25, 0.3) is 5.91 Å². The van der Waals surface area contributed by atoms with Gasteiger partial charge < -0.3 is 14.4 Å². The molecule has 1 fully saturated rings. The molecule has 2 atom stereocenters. The molecule has 0 bridgehead atoms. The molecule has 4 rings (SSSR count). The molecule has 2 aliphatic heterocycles. The highest BCUT2D eigenvalue weighted by molar-refractivity contribution is 5.83. The van der Waals surface area contributed by atoms with Crippen molar-refractivity contribution in [2.75, 3.05) is 19.7 Å². The standard InChI is InChI=1S/C18H19N3O3/c22-18(17-15-4-2-1-3-13(15)6-10-23-17)21-9-5-14(12-21)24-16-11-19-7-8-20-16/h1-4,7-8,11,14,17H,5-6,9-10,12H2/t14-,17+/m0/s1. The fourth-order valence-corrected chi connectivity index (χ4v) is 3.31. The number of likely N-dealkylation sites (tertiary alicyclic amines) is 1. The van der Waals surface area contributed by atoms with Crippen molar-refractivity contribution in [1.29, 1.82) is 0 Å². The normalized spacial score (nSPS) is 22.9. The minimum Gasteiger partial charge on any atom is -0.471 e. The Morgan fingerprint density at radius 2 is 2.21 bits per heavy atom. The number of hydrogen-bond donors (Lipinski definition) is 0. The molecule has 1 saturated heterocycles. The third-order valence-electron chi connectivity index (χ3n) is 4.50. The summed E-state index contributed by atoms with van der Waals surface area (Å²) in [5.41, 5.74) is 2.20. The van der Waals surface area contributed by atoms with E-state index in [9.17, 15) is 4.79 Å². The second-order valence-corrected chi connectivity index (χ2v) is 6.06. The van der Waals surface area contributed by atoms with Gasteiger partial charge in [-0.3, -0.25) is 9.78 Å². The van der Waals surface area contributed by atoms with Gasteiger partial charge in [0.05, 0.1) is 19.3 Å². The highest BCUT2D eigenvalue weighted by atomic mass is 16.5. The molecule has 1 aromatic heterocycles. The molecule has 0 radical (unpaired) electrons. The van der Waals surface area contributed by atoms with Crippen LogP contribution in [-0.2, 0) is 16.0 Å². The number of carbonyl (C=O) groups is 1. The molecule has 6 nitrogen and oxygen atoms in total.